The number of rotatable bonds is 2. The maximum absolute atomic E-state index is 3.36. The molecule has 0 nitrogen and oxygen atoms in total. The molecule has 0 radical (unpaired) electrons. The molecule has 6 rings (SSSR count). The molecule has 0 spiro atoms. The molecule has 0 amide bonds. The number of hydrogen-bond donors (Lipinski definition) is 0. The van der Waals surface area contributed by atoms with Crippen molar-refractivity contribution >= 4 is 27.6 Å². The molecular weight excluding hydrogens is 517 g/mol. The van der Waals surface area contributed by atoms with Gasteiger partial charge in [-0.25, -0.2) is 0 Å². The van der Waals surface area contributed by atoms with Crippen molar-refractivity contribution in [3.8, 4) is 11.1 Å². The molecule has 2 aliphatic rings. The van der Waals surface area contributed by atoms with E-state index in [1.165, 1.54) is 61.2 Å². The molecule has 0 fully saturated rings. The van der Waals surface area contributed by atoms with E-state index in [0.717, 1.165) is 0 Å². The van der Waals surface area contributed by atoms with E-state index >= 15 is 0 Å². The van der Waals surface area contributed by atoms with E-state index in [-0.39, 0.29) is 5.41 Å². The quantitative estimate of drug-likeness (QED) is 0.217. The molecule has 4 aromatic carbocycles. The van der Waals surface area contributed by atoms with Crippen LogP contribution in [0.4, 0.5) is 0 Å². The van der Waals surface area contributed by atoms with E-state index in [2.05, 4.69) is 134 Å². The molecule has 192 valence electrons. The monoisotopic (exact) mass is 558 g/mol. The van der Waals surface area contributed by atoms with Gasteiger partial charge in [-0.3, -0.25) is 0 Å². The third-order valence-electron chi connectivity index (χ3n) is 9.06. The number of allylic oxidation sites excluding steroid dienone is 1. The van der Waals surface area contributed by atoms with Gasteiger partial charge in [0.25, 0.3) is 0 Å². The number of fused-ring (bicyclic) bond motifs is 3. The Morgan fingerprint density at radius 3 is 1.58 bits per heavy atom. The third-order valence-corrected chi connectivity index (χ3v) is 20.6. The summed E-state index contributed by atoms with van der Waals surface area (Å²) in [5.74, 6) is 0. The van der Waals surface area contributed by atoms with Crippen LogP contribution >= 0.6 is 0 Å². The van der Waals surface area contributed by atoms with Gasteiger partial charge in [-0.2, -0.15) is 0 Å². The Kier molecular flexibility index (Phi) is 5.75. The first-order chi connectivity index (χ1) is 17.9. The zero-order valence-corrected chi connectivity index (χ0v) is 26.6. The van der Waals surface area contributed by atoms with Crippen molar-refractivity contribution in [1.29, 1.82) is 0 Å². The van der Waals surface area contributed by atoms with Crippen molar-refractivity contribution in [3.63, 3.8) is 0 Å². The number of benzene rings is 4. The van der Waals surface area contributed by atoms with Crippen LogP contribution in [0, 0.1) is 47.0 Å². The van der Waals surface area contributed by atoms with E-state index in [0.29, 0.717) is 4.75 Å². The van der Waals surface area contributed by atoms with Gasteiger partial charge in [-0.05, 0) is 0 Å². The second kappa shape index (κ2) is 8.58. The van der Waals surface area contributed by atoms with Gasteiger partial charge in [-0.1, -0.05) is 0 Å². The molecule has 0 N–H and O–H groups in total. The summed E-state index contributed by atoms with van der Waals surface area (Å²) in [6.07, 6.45) is 0. The standard InChI is InChI=1S/C37H40Ge/c1-22-17-24(3)34(25(4)18-22)38(35-26(5)19-23(2)20-27(35)6)21-32(37(7,8)9)31-16-12-15-29-28-13-10-11-14-30(28)36(38)33(29)31/h10-21,36H,1-9H3. The van der Waals surface area contributed by atoms with Crippen molar-refractivity contribution < 1.29 is 0 Å². The Labute approximate surface area is 232 Å². The summed E-state index contributed by atoms with van der Waals surface area (Å²) >= 11 is -3.36. The molecule has 1 aliphatic carbocycles. The van der Waals surface area contributed by atoms with Gasteiger partial charge in [0.05, 0.1) is 0 Å². The summed E-state index contributed by atoms with van der Waals surface area (Å²) in [6, 6.07) is 26.2. The Balaban J connectivity index is 1.90. The Hall–Kier alpha value is -2.84. The molecule has 0 saturated heterocycles. The van der Waals surface area contributed by atoms with Crippen LogP contribution in [0.1, 0.15) is 75.6 Å². The summed E-state index contributed by atoms with van der Waals surface area (Å²) in [7, 11) is 0. The number of hydrogen-bond acceptors (Lipinski definition) is 0. The van der Waals surface area contributed by atoms with Crippen molar-refractivity contribution in [2.24, 2.45) is 5.41 Å². The fourth-order valence-corrected chi connectivity index (χ4v) is 22.3. The zero-order valence-electron chi connectivity index (χ0n) is 24.5. The van der Waals surface area contributed by atoms with E-state index in [1.807, 2.05) is 0 Å². The molecule has 0 saturated carbocycles. The van der Waals surface area contributed by atoms with Crippen LogP contribution < -0.4 is 8.79 Å². The Morgan fingerprint density at radius 2 is 1.05 bits per heavy atom. The van der Waals surface area contributed by atoms with E-state index < -0.39 is 13.3 Å². The van der Waals surface area contributed by atoms with E-state index in [4.69, 9.17) is 0 Å². The topological polar surface area (TPSA) is 0 Å². The second-order valence-corrected chi connectivity index (χ2v) is 20.6. The van der Waals surface area contributed by atoms with Crippen LogP contribution in [0.3, 0.4) is 0 Å². The first-order valence-corrected chi connectivity index (χ1v) is 18.6. The van der Waals surface area contributed by atoms with Crippen LogP contribution in [-0.2, 0) is 0 Å². The molecule has 1 atom stereocenters. The minimum atomic E-state index is -3.36. The van der Waals surface area contributed by atoms with Crippen LogP contribution in [-0.4, -0.2) is 13.3 Å². The molecule has 0 aromatic heterocycles. The molecule has 0 bridgehead atoms. The van der Waals surface area contributed by atoms with Gasteiger partial charge in [-0.15, -0.1) is 0 Å². The molecule has 1 heteroatoms. The fourth-order valence-electron chi connectivity index (χ4n) is 8.20. The first kappa shape index (κ1) is 25.4. The molecular formula is C37H40Ge. The molecule has 1 heterocycles. The van der Waals surface area contributed by atoms with Crippen LogP contribution in [0.5, 0.6) is 0 Å². The predicted octanol–water partition coefficient (Wildman–Crippen LogP) is 8.43. The van der Waals surface area contributed by atoms with Crippen molar-refractivity contribution in [2.45, 2.75) is 67.1 Å². The van der Waals surface area contributed by atoms with Gasteiger partial charge >= 0.3 is 233 Å². The Bertz CT molecular complexity index is 1550. The predicted molar refractivity (Wildman–Crippen MR) is 167 cm³/mol. The van der Waals surface area contributed by atoms with E-state index in [1.54, 1.807) is 14.4 Å². The van der Waals surface area contributed by atoms with Crippen molar-refractivity contribution in [2.75, 3.05) is 0 Å². The molecule has 1 unspecified atom stereocenters. The van der Waals surface area contributed by atoms with Gasteiger partial charge in [0.15, 0.2) is 0 Å². The van der Waals surface area contributed by atoms with Crippen molar-refractivity contribution in [3.05, 3.63) is 122 Å². The summed E-state index contributed by atoms with van der Waals surface area (Å²) in [5.41, 5.74) is 17.7. The molecule has 4 aromatic rings. The Morgan fingerprint density at radius 1 is 0.579 bits per heavy atom. The van der Waals surface area contributed by atoms with Crippen LogP contribution in [0.15, 0.2) is 71.6 Å². The van der Waals surface area contributed by atoms with Crippen LogP contribution in [0.25, 0.3) is 16.7 Å². The van der Waals surface area contributed by atoms with Gasteiger partial charge in [0, 0.05) is 0 Å². The molecule has 38 heavy (non-hydrogen) atoms. The van der Waals surface area contributed by atoms with E-state index in [9.17, 15) is 0 Å². The second-order valence-electron chi connectivity index (χ2n) is 13.0. The van der Waals surface area contributed by atoms with Gasteiger partial charge in [0.1, 0.15) is 0 Å². The summed E-state index contributed by atoms with van der Waals surface area (Å²) in [5, 5.41) is 0. The average molecular weight is 557 g/mol. The van der Waals surface area contributed by atoms with Gasteiger partial charge < -0.3 is 0 Å². The van der Waals surface area contributed by atoms with Crippen LogP contribution in [0.2, 0.25) is 0 Å². The van der Waals surface area contributed by atoms with Gasteiger partial charge in [0.2, 0.25) is 0 Å². The summed E-state index contributed by atoms with van der Waals surface area (Å²) < 4.78 is 3.73. The summed E-state index contributed by atoms with van der Waals surface area (Å²) in [6.45, 7) is 21.3. The zero-order chi connectivity index (χ0) is 27.1. The SMILES string of the molecule is Cc1cc(C)[c]([Ge]2([c]3c(C)cc(C)cc3C)[CH]=C(C(C)(C)C)c3cccc4c3[CH]2c2ccccc2-4)c(C)c1. The first-order valence-electron chi connectivity index (χ1n) is 14.1. The third kappa shape index (κ3) is 3.49. The summed E-state index contributed by atoms with van der Waals surface area (Å²) in [4.78, 5) is 2.90. The molecule has 1 aliphatic heterocycles. The number of aryl methyl sites for hydroxylation is 6. The van der Waals surface area contributed by atoms with Crippen molar-refractivity contribution in [1.82, 2.24) is 0 Å². The minimum absolute atomic E-state index is 0.0460. The average Bonchev–Trinajstić information content (AvgIpc) is 3.15. The fraction of sp³-hybridized carbons (Fsp3) is 0.297. The normalized spacial score (nSPS) is 17.2. The maximum atomic E-state index is 2.90.